The Hall–Kier alpha value is -0.420. The standard InChI is InChI=1S/C10H23N2O4P/c1-6(2)5-8(11)9(13)12-10(7(3)4)17(14,15)16/h6-8,10H,5,11H2,1-4H3,(H,12,13)(H2,14,15,16)/t8-,10?/m0/s1. The maximum atomic E-state index is 11.7. The van der Waals surface area contributed by atoms with Crippen molar-refractivity contribution in [3.63, 3.8) is 0 Å². The molecular formula is C10H23N2O4P. The molecule has 102 valence electrons. The van der Waals surface area contributed by atoms with E-state index in [9.17, 15) is 9.36 Å². The van der Waals surface area contributed by atoms with Gasteiger partial charge < -0.3 is 20.8 Å². The Balaban J connectivity index is 4.58. The summed E-state index contributed by atoms with van der Waals surface area (Å²) >= 11 is 0. The van der Waals surface area contributed by atoms with Gasteiger partial charge in [-0.3, -0.25) is 9.36 Å². The lowest BCUT2D eigenvalue weighted by Crippen LogP contribution is -2.47. The second-order valence-corrected chi connectivity index (χ2v) is 6.76. The molecule has 0 aliphatic rings. The van der Waals surface area contributed by atoms with Crippen LogP contribution in [0.2, 0.25) is 0 Å². The molecule has 0 aliphatic carbocycles. The van der Waals surface area contributed by atoms with Crippen molar-refractivity contribution in [2.24, 2.45) is 17.6 Å². The van der Waals surface area contributed by atoms with Gasteiger partial charge in [0.1, 0.15) is 5.78 Å². The first kappa shape index (κ1) is 16.6. The lowest BCUT2D eigenvalue weighted by atomic mass is 10.0. The normalized spacial score (nSPS) is 16.1. The molecule has 0 saturated heterocycles. The fourth-order valence-corrected chi connectivity index (χ4v) is 2.58. The average molecular weight is 266 g/mol. The van der Waals surface area contributed by atoms with Crippen molar-refractivity contribution in [2.75, 3.05) is 0 Å². The van der Waals surface area contributed by atoms with Crippen molar-refractivity contribution in [1.29, 1.82) is 0 Å². The zero-order valence-corrected chi connectivity index (χ0v) is 11.6. The summed E-state index contributed by atoms with van der Waals surface area (Å²) in [6, 6.07) is -0.734. The van der Waals surface area contributed by atoms with Gasteiger partial charge in [-0.15, -0.1) is 0 Å². The van der Waals surface area contributed by atoms with E-state index in [1.165, 1.54) is 0 Å². The summed E-state index contributed by atoms with van der Waals surface area (Å²) in [5, 5.41) is 2.33. The lowest BCUT2D eigenvalue weighted by Gasteiger charge is -2.25. The first-order chi connectivity index (χ1) is 7.55. The number of nitrogens with one attached hydrogen (secondary N) is 1. The van der Waals surface area contributed by atoms with Crippen LogP contribution in [0.25, 0.3) is 0 Å². The van der Waals surface area contributed by atoms with Gasteiger partial charge in [0.2, 0.25) is 5.91 Å². The van der Waals surface area contributed by atoms with Gasteiger partial charge in [0.15, 0.2) is 0 Å². The summed E-state index contributed by atoms with van der Waals surface area (Å²) < 4.78 is 11.2. The molecular weight excluding hydrogens is 243 g/mol. The van der Waals surface area contributed by atoms with Crippen LogP contribution in [0.4, 0.5) is 0 Å². The number of carbonyl (C=O) groups excluding carboxylic acids is 1. The topological polar surface area (TPSA) is 113 Å². The summed E-state index contributed by atoms with van der Waals surface area (Å²) in [6.07, 6.45) is 0.484. The van der Waals surface area contributed by atoms with E-state index in [0.717, 1.165) is 0 Å². The van der Waals surface area contributed by atoms with E-state index in [0.29, 0.717) is 6.42 Å². The minimum Gasteiger partial charge on any atom is -0.340 e. The second kappa shape index (κ2) is 6.50. The molecule has 6 nitrogen and oxygen atoms in total. The molecule has 17 heavy (non-hydrogen) atoms. The van der Waals surface area contributed by atoms with Crippen LogP contribution in [0.1, 0.15) is 34.1 Å². The first-order valence-electron chi connectivity index (χ1n) is 5.66. The van der Waals surface area contributed by atoms with Crippen LogP contribution in [0, 0.1) is 11.8 Å². The third-order valence-corrected chi connectivity index (χ3v) is 3.80. The molecule has 0 heterocycles. The number of carbonyl (C=O) groups is 1. The first-order valence-corrected chi connectivity index (χ1v) is 7.35. The molecule has 5 N–H and O–H groups in total. The van der Waals surface area contributed by atoms with E-state index in [1.807, 2.05) is 13.8 Å². The Morgan fingerprint density at radius 3 is 2.06 bits per heavy atom. The highest BCUT2D eigenvalue weighted by molar-refractivity contribution is 7.52. The SMILES string of the molecule is CC(C)C[C@H](N)C(=O)NC(C(C)C)P(=O)(O)O. The Kier molecular flexibility index (Phi) is 6.34. The average Bonchev–Trinajstić information content (AvgIpc) is 2.09. The maximum Gasteiger partial charge on any atom is 0.347 e. The monoisotopic (exact) mass is 266 g/mol. The van der Waals surface area contributed by atoms with E-state index in [-0.39, 0.29) is 11.8 Å². The van der Waals surface area contributed by atoms with Crippen molar-refractivity contribution in [3.8, 4) is 0 Å². The predicted octanol–water partition coefficient (Wildman–Crippen LogP) is 0.636. The molecule has 0 bridgehead atoms. The Labute approximate surface area is 102 Å². The van der Waals surface area contributed by atoms with Crippen LogP contribution < -0.4 is 11.1 Å². The highest BCUT2D eigenvalue weighted by Gasteiger charge is 2.34. The third-order valence-electron chi connectivity index (χ3n) is 2.35. The van der Waals surface area contributed by atoms with Crippen LogP contribution >= 0.6 is 7.60 Å². The molecule has 0 saturated carbocycles. The van der Waals surface area contributed by atoms with E-state index >= 15 is 0 Å². The number of amides is 1. The molecule has 1 amide bonds. The van der Waals surface area contributed by atoms with E-state index in [2.05, 4.69) is 5.32 Å². The van der Waals surface area contributed by atoms with Crippen LogP contribution in [-0.4, -0.2) is 27.5 Å². The zero-order chi connectivity index (χ0) is 13.8. The smallest absolute Gasteiger partial charge is 0.340 e. The summed E-state index contributed by atoms with van der Waals surface area (Å²) in [4.78, 5) is 29.9. The van der Waals surface area contributed by atoms with Crippen molar-refractivity contribution >= 4 is 13.5 Å². The predicted molar refractivity (Wildman–Crippen MR) is 66.2 cm³/mol. The van der Waals surface area contributed by atoms with Gasteiger partial charge in [0.05, 0.1) is 6.04 Å². The van der Waals surface area contributed by atoms with Crippen LogP contribution in [0.5, 0.6) is 0 Å². The molecule has 2 atom stereocenters. The fraction of sp³-hybridized carbons (Fsp3) is 0.900. The van der Waals surface area contributed by atoms with Gasteiger partial charge in [-0.25, -0.2) is 0 Å². The molecule has 0 aromatic heterocycles. The largest absolute Gasteiger partial charge is 0.347 e. The molecule has 0 aliphatic heterocycles. The number of hydrogen-bond donors (Lipinski definition) is 4. The maximum absolute atomic E-state index is 11.7. The van der Waals surface area contributed by atoms with Gasteiger partial charge >= 0.3 is 7.60 Å². The molecule has 0 rings (SSSR count). The van der Waals surface area contributed by atoms with Gasteiger partial charge in [-0.05, 0) is 18.3 Å². The fourth-order valence-electron chi connectivity index (χ4n) is 1.51. The molecule has 0 fully saturated rings. The molecule has 0 aromatic carbocycles. The Morgan fingerprint density at radius 2 is 1.76 bits per heavy atom. The quantitative estimate of drug-likeness (QED) is 0.527. The molecule has 0 radical (unpaired) electrons. The van der Waals surface area contributed by atoms with Gasteiger partial charge in [-0.1, -0.05) is 27.7 Å². The highest BCUT2D eigenvalue weighted by Crippen LogP contribution is 2.43. The number of rotatable bonds is 6. The van der Waals surface area contributed by atoms with Gasteiger partial charge in [0.25, 0.3) is 0 Å². The van der Waals surface area contributed by atoms with Crippen molar-refractivity contribution in [1.82, 2.24) is 5.32 Å². The minimum atomic E-state index is -4.35. The number of nitrogens with two attached hydrogens (primary N) is 1. The van der Waals surface area contributed by atoms with Gasteiger partial charge in [0, 0.05) is 0 Å². The molecule has 0 spiro atoms. The summed E-state index contributed by atoms with van der Waals surface area (Å²) in [5.74, 6) is -1.79. The second-order valence-electron chi connectivity index (χ2n) is 5.02. The molecule has 0 aromatic rings. The van der Waals surface area contributed by atoms with Crippen LogP contribution in [0.3, 0.4) is 0 Å². The number of hydrogen-bond acceptors (Lipinski definition) is 3. The lowest BCUT2D eigenvalue weighted by molar-refractivity contribution is -0.123. The van der Waals surface area contributed by atoms with E-state index in [1.54, 1.807) is 13.8 Å². The van der Waals surface area contributed by atoms with E-state index in [4.69, 9.17) is 15.5 Å². The zero-order valence-electron chi connectivity index (χ0n) is 10.8. The van der Waals surface area contributed by atoms with Crippen molar-refractivity contribution in [2.45, 2.75) is 45.9 Å². The van der Waals surface area contributed by atoms with Crippen LogP contribution in [0.15, 0.2) is 0 Å². The Morgan fingerprint density at radius 1 is 1.29 bits per heavy atom. The summed E-state index contributed by atoms with van der Waals surface area (Å²) in [6.45, 7) is 7.13. The van der Waals surface area contributed by atoms with Gasteiger partial charge in [-0.2, -0.15) is 0 Å². The van der Waals surface area contributed by atoms with Crippen molar-refractivity contribution in [3.05, 3.63) is 0 Å². The minimum absolute atomic E-state index is 0.253. The van der Waals surface area contributed by atoms with Crippen molar-refractivity contribution < 1.29 is 19.1 Å². The third kappa shape index (κ3) is 6.17. The Bertz CT molecular complexity index is 301. The van der Waals surface area contributed by atoms with Crippen LogP contribution in [-0.2, 0) is 9.36 Å². The molecule has 1 unspecified atom stereocenters. The summed E-state index contributed by atoms with van der Waals surface area (Å²) in [5.41, 5.74) is 5.64. The molecule has 7 heteroatoms. The van der Waals surface area contributed by atoms with E-state index < -0.39 is 25.3 Å². The highest BCUT2D eigenvalue weighted by atomic mass is 31.2. The summed E-state index contributed by atoms with van der Waals surface area (Å²) in [7, 11) is -4.35.